The third kappa shape index (κ3) is 6.37. The van der Waals surface area contributed by atoms with Crippen LogP contribution in [0.15, 0.2) is 53.4 Å². The Labute approximate surface area is 142 Å². The van der Waals surface area contributed by atoms with Gasteiger partial charge in [0.2, 0.25) is 0 Å². The van der Waals surface area contributed by atoms with Crippen LogP contribution in [0.4, 0.5) is 5.69 Å². The highest BCUT2D eigenvalue weighted by Crippen LogP contribution is 2.17. The zero-order valence-electron chi connectivity index (χ0n) is 13.7. The first kappa shape index (κ1) is 17.4. The second-order valence-corrected chi connectivity index (χ2v) is 6.23. The van der Waals surface area contributed by atoms with Crippen molar-refractivity contribution in [3.63, 3.8) is 0 Å². The fraction of sp³-hybridized carbons (Fsp3) is 0.316. The molecular formula is C19H23NO2S. The predicted octanol–water partition coefficient (Wildman–Crippen LogP) is 4.52. The van der Waals surface area contributed by atoms with Gasteiger partial charge in [-0.05, 0) is 54.5 Å². The molecule has 3 nitrogen and oxygen atoms in total. The van der Waals surface area contributed by atoms with Gasteiger partial charge in [-0.15, -0.1) is 11.8 Å². The summed E-state index contributed by atoms with van der Waals surface area (Å²) in [7, 11) is 0. The van der Waals surface area contributed by atoms with Gasteiger partial charge in [-0.3, -0.25) is 4.79 Å². The molecule has 0 heterocycles. The Kier molecular flexibility index (Phi) is 7.01. The number of aryl methyl sites for hydroxylation is 1. The van der Waals surface area contributed by atoms with E-state index < -0.39 is 0 Å². The summed E-state index contributed by atoms with van der Waals surface area (Å²) < 4.78 is 4.96. The van der Waals surface area contributed by atoms with E-state index in [1.54, 1.807) is 11.8 Å². The highest BCUT2D eigenvalue weighted by atomic mass is 32.2. The normalized spacial score (nSPS) is 10.3. The van der Waals surface area contributed by atoms with Crippen LogP contribution >= 0.6 is 11.8 Å². The Morgan fingerprint density at radius 2 is 1.91 bits per heavy atom. The van der Waals surface area contributed by atoms with Gasteiger partial charge in [0.1, 0.15) is 0 Å². The summed E-state index contributed by atoms with van der Waals surface area (Å²) >= 11 is 1.75. The van der Waals surface area contributed by atoms with Gasteiger partial charge in [-0.2, -0.15) is 0 Å². The largest absolute Gasteiger partial charge is 0.466 e. The first-order chi connectivity index (χ1) is 11.2. The van der Waals surface area contributed by atoms with Gasteiger partial charge in [0.15, 0.2) is 0 Å². The maximum Gasteiger partial charge on any atom is 0.302 e. The van der Waals surface area contributed by atoms with Crippen molar-refractivity contribution in [1.82, 2.24) is 0 Å². The van der Waals surface area contributed by atoms with Gasteiger partial charge in [-0.1, -0.05) is 24.3 Å². The molecule has 4 heteroatoms. The van der Waals surface area contributed by atoms with Crippen LogP contribution in [0.1, 0.15) is 24.5 Å². The second kappa shape index (κ2) is 9.26. The predicted molar refractivity (Wildman–Crippen MR) is 96.9 cm³/mol. The molecule has 0 aliphatic rings. The lowest BCUT2D eigenvalue weighted by Gasteiger charge is -2.09. The molecule has 122 valence electrons. The summed E-state index contributed by atoms with van der Waals surface area (Å²) in [5.41, 5.74) is 3.63. The van der Waals surface area contributed by atoms with Crippen molar-refractivity contribution >= 4 is 23.4 Å². The molecule has 2 rings (SSSR count). The van der Waals surface area contributed by atoms with Crippen LogP contribution in [0, 0.1) is 0 Å². The van der Waals surface area contributed by atoms with Crippen LogP contribution in [-0.4, -0.2) is 18.8 Å². The third-order valence-electron chi connectivity index (χ3n) is 3.50. The molecule has 1 N–H and O–H groups in total. The molecule has 0 amide bonds. The molecule has 0 bridgehead atoms. The number of ether oxygens (including phenoxy) is 1. The van der Waals surface area contributed by atoms with Gasteiger partial charge in [0.25, 0.3) is 0 Å². The Bertz CT molecular complexity index is 626. The summed E-state index contributed by atoms with van der Waals surface area (Å²) in [4.78, 5) is 12.0. The molecule has 23 heavy (non-hydrogen) atoms. The lowest BCUT2D eigenvalue weighted by atomic mass is 10.1. The van der Waals surface area contributed by atoms with Crippen molar-refractivity contribution in [2.24, 2.45) is 0 Å². The van der Waals surface area contributed by atoms with E-state index in [1.165, 1.54) is 22.9 Å². The van der Waals surface area contributed by atoms with Crippen LogP contribution in [0.2, 0.25) is 0 Å². The van der Waals surface area contributed by atoms with Crippen LogP contribution in [0.25, 0.3) is 0 Å². The van der Waals surface area contributed by atoms with E-state index in [1.807, 2.05) is 0 Å². The number of carbonyl (C=O) groups is 1. The van der Waals surface area contributed by atoms with Gasteiger partial charge >= 0.3 is 5.97 Å². The molecule has 0 fully saturated rings. The van der Waals surface area contributed by atoms with Gasteiger partial charge < -0.3 is 10.1 Å². The number of anilines is 1. The molecule has 0 aromatic heterocycles. The molecule has 0 spiro atoms. The third-order valence-corrected chi connectivity index (χ3v) is 4.24. The Balaban J connectivity index is 1.82. The van der Waals surface area contributed by atoms with Crippen LogP contribution in [-0.2, 0) is 22.5 Å². The zero-order chi connectivity index (χ0) is 16.5. The van der Waals surface area contributed by atoms with E-state index >= 15 is 0 Å². The van der Waals surface area contributed by atoms with Crippen molar-refractivity contribution < 1.29 is 9.53 Å². The second-order valence-electron chi connectivity index (χ2n) is 5.35. The van der Waals surface area contributed by atoms with E-state index in [0.717, 1.165) is 25.1 Å². The molecule has 0 atom stereocenters. The molecule has 0 aliphatic carbocycles. The monoisotopic (exact) mass is 329 g/mol. The molecule has 0 saturated heterocycles. The number of rotatable bonds is 8. The Morgan fingerprint density at radius 3 is 2.61 bits per heavy atom. The summed E-state index contributed by atoms with van der Waals surface area (Å²) in [5.74, 6) is -0.215. The minimum Gasteiger partial charge on any atom is -0.466 e. The van der Waals surface area contributed by atoms with Crippen molar-refractivity contribution in [3.8, 4) is 0 Å². The maximum absolute atomic E-state index is 10.7. The van der Waals surface area contributed by atoms with Crippen LogP contribution in [0.3, 0.4) is 0 Å². The van der Waals surface area contributed by atoms with E-state index in [0.29, 0.717) is 6.61 Å². The zero-order valence-corrected chi connectivity index (χ0v) is 14.5. The summed E-state index contributed by atoms with van der Waals surface area (Å²) in [5, 5.41) is 3.46. The molecule has 0 aliphatic heterocycles. The van der Waals surface area contributed by atoms with E-state index in [9.17, 15) is 4.79 Å². The van der Waals surface area contributed by atoms with Crippen LogP contribution in [0.5, 0.6) is 0 Å². The average Bonchev–Trinajstić information content (AvgIpc) is 2.57. The number of nitrogens with one attached hydrogen (secondary N) is 1. The Morgan fingerprint density at radius 1 is 1.13 bits per heavy atom. The summed E-state index contributed by atoms with van der Waals surface area (Å²) in [6.45, 7) is 2.73. The standard InChI is InChI=1S/C19H23NO2S/c1-15(21)22-12-4-6-16-5-3-7-18(13-16)20-14-17-8-10-19(23-2)11-9-17/h3,5,7-11,13,20H,4,6,12,14H2,1-2H3. The lowest BCUT2D eigenvalue weighted by Crippen LogP contribution is -2.02. The number of hydrogen-bond acceptors (Lipinski definition) is 4. The van der Waals surface area contributed by atoms with Gasteiger partial charge in [0.05, 0.1) is 6.61 Å². The highest BCUT2D eigenvalue weighted by molar-refractivity contribution is 7.98. The number of benzene rings is 2. The average molecular weight is 329 g/mol. The van der Waals surface area contributed by atoms with E-state index in [-0.39, 0.29) is 5.97 Å². The summed E-state index contributed by atoms with van der Waals surface area (Å²) in [6, 6.07) is 17.0. The van der Waals surface area contributed by atoms with E-state index in [2.05, 4.69) is 60.1 Å². The minimum atomic E-state index is -0.215. The smallest absolute Gasteiger partial charge is 0.302 e. The van der Waals surface area contributed by atoms with Crippen molar-refractivity contribution in [2.45, 2.75) is 31.2 Å². The molecule has 2 aromatic carbocycles. The quantitative estimate of drug-likeness (QED) is 0.439. The highest BCUT2D eigenvalue weighted by Gasteiger charge is 1.99. The first-order valence-electron chi connectivity index (χ1n) is 7.76. The molecule has 0 saturated carbocycles. The fourth-order valence-corrected chi connectivity index (χ4v) is 2.68. The van der Waals surface area contributed by atoms with Crippen molar-refractivity contribution in [1.29, 1.82) is 0 Å². The van der Waals surface area contributed by atoms with Crippen LogP contribution < -0.4 is 5.32 Å². The molecule has 2 aromatic rings. The van der Waals surface area contributed by atoms with Gasteiger partial charge in [-0.25, -0.2) is 0 Å². The molecule has 0 unspecified atom stereocenters. The summed E-state index contributed by atoms with van der Waals surface area (Å²) in [6.07, 6.45) is 3.84. The number of thioether (sulfide) groups is 1. The number of hydrogen-bond donors (Lipinski definition) is 1. The fourth-order valence-electron chi connectivity index (χ4n) is 2.28. The van der Waals surface area contributed by atoms with Crippen molar-refractivity contribution in [3.05, 3.63) is 59.7 Å². The molecular weight excluding hydrogens is 306 g/mol. The number of carbonyl (C=O) groups excluding carboxylic acids is 1. The maximum atomic E-state index is 10.7. The van der Waals surface area contributed by atoms with E-state index in [4.69, 9.17) is 4.74 Å². The topological polar surface area (TPSA) is 38.3 Å². The van der Waals surface area contributed by atoms with Crippen molar-refractivity contribution in [2.75, 3.05) is 18.2 Å². The Hall–Kier alpha value is -1.94. The number of esters is 1. The minimum absolute atomic E-state index is 0.215. The first-order valence-corrected chi connectivity index (χ1v) is 8.99. The lowest BCUT2D eigenvalue weighted by molar-refractivity contribution is -0.141. The molecule has 0 radical (unpaired) electrons. The van der Waals surface area contributed by atoms with Gasteiger partial charge in [0, 0.05) is 24.1 Å². The SMILES string of the molecule is CSc1ccc(CNc2cccc(CCCOC(C)=O)c2)cc1.